The van der Waals surface area contributed by atoms with E-state index in [4.69, 9.17) is 5.84 Å². The highest BCUT2D eigenvalue weighted by Gasteiger charge is 2.13. The quantitative estimate of drug-likeness (QED) is 0.500. The van der Waals surface area contributed by atoms with E-state index in [0.717, 1.165) is 12.1 Å². The SMILES string of the molecule is CC(C)(C)Cc1cc(I)ccc1NN. The van der Waals surface area contributed by atoms with Crippen LogP contribution in [0.3, 0.4) is 0 Å². The van der Waals surface area contributed by atoms with Crippen molar-refractivity contribution >= 4 is 28.3 Å². The number of anilines is 1. The van der Waals surface area contributed by atoms with E-state index in [1.54, 1.807) is 0 Å². The first kappa shape index (κ1) is 11.8. The first-order chi connectivity index (χ1) is 6.42. The fourth-order valence-electron chi connectivity index (χ4n) is 1.42. The van der Waals surface area contributed by atoms with Crippen LogP contribution in [0.15, 0.2) is 18.2 Å². The molecule has 1 aromatic carbocycles. The van der Waals surface area contributed by atoms with Crippen molar-refractivity contribution in [3.05, 3.63) is 27.3 Å². The zero-order valence-electron chi connectivity index (χ0n) is 8.89. The van der Waals surface area contributed by atoms with Gasteiger partial charge in [0.2, 0.25) is 0 Å². The van der Waals surface area contributed by atoms with E-state index >= 15 is 0 Å². The number of nitrogen functional groups attached to an aromatic ring is 1. The van der Waals surface area contributed by atoms with Crippen molar-refractivity contribution < 1.29 is 0 Å². The summed E-state index contributed by atoms with van der Waals surface area (Å²) >= 11 is 2.32. The molecule has 0 fully saturated rings. The molecule has 0 amide bonds. The lowest BCUT2D eigenvalue weighted by Gasteiger charge is -2.20. The minimum atomic E-state index is 0.288. The van der Waals surface area contributed by atoms with Crippen LogP contribution in [-0.4, -0.2) is 0 Å². The van der Waals surface area contributed by atoms with Crippen molar-refractivity contribution in [3.8, 4) is 0 Å². The van der Waals surface area contributed by atoms with E-state index in [9.17, 15) is 0 Å². The summed E-state index contributed by atoms with van der Waals surface area (Å²) in [4.78, 5) is 0. The molecule has 0 aromatic heterocycles. The Morgan fingerprint density at radius 1 is 1.36 bits per heavy atom. The van der Waals surface area contributed by atoms with E-state index in [1.165, 1.54) is 9.13 Å². The molecular weight excluding hydrogens is 287 g/mol. The van der Waals surface area contributed by atoms with Gasteiger partial charge in [0.05, 0.1) is 5.69 Å². The second-order valence-corrected chi connectivity index (χ2v) is 5.93. The van der Waals surface area contributed by atoms with Gasteiger partial charge in [0.15, 0.2) is 0 Å². The topological polar surface area (TPSA) is 38.0 Å². The number of halogens is 1. The molecule has 14 heavy (non-hydrogen) atoms. The number of benzene rings is 1. The van der Waals surface area contributed by atoms with Crippen molar-refractivity contribution in [2.75, 3.05) is 5.43 Å². The lowest BCUT2D eigenvalue weighted by Crippen LogP contribution is -2.14. The summed E-state index contributed by atoms with van der Waals surface area (Å²) < 4.78 is 1.25. The molecule has 0 radical (unpaired) electrons. The molecule has 2 nitrogen and oxygen atoms in total. The Balaban J connectivity index is 2.99. The summed E-state index contributed by atoms with van der Waals surface area (Å²) in [6, 6.07) is 6.27. The Bertz CT molecular complexity index is 316. The second kappa shape index (κ2) is 4.49. The average Bonchev–Trinajstić information content (AvgIpc) is 2.01. The predicted molar refractivity (Wildman–Crippen MR) is 70.1 cm³/mol. The van der Waals surface area contributed by atoms with E-state index in [1.807, 2.05) is 6.07 Å². The fraction of sp³-hybridized carbons (Fsp3) is 0.455. The lowest BCUT2D eigenvalue weighted by molar-refractivity contribution is 0.411. The minimum absolute atomic E-state index is 0.288. The molecule has 0 heterocycles. The molecule has 0 atom stereocenters. The van der Waals surface area contributed by atoms with Gasteiger partial charge in [-0.05, 0) is 58.2 Å². The van der Waals surface area contributed by atoms with Crippen LogP contribution in [0, 0.1) is 8.99 Å². The normalized spacial score (nSPS) is 11.5. The van der Waals surface area contributed by atoms with Gasteiger partial charge in [0.25, 0.3) is 0 Å². The van der Waals surface area contributed by atoms with Gasteiger partial charge in [0, 0.05) is 3.57 Å². The highest BCUT2D eigenvalue weighted by atomic mass is 127. The van der Waals surface area contributed by atoms with Gasteiger partial charge in [0.1, 0.15) is 0 Å². The number of rotatable bonds is 2. The first-order valence-corrected chi connectivity index (χ1v) is 5.75. The standard InChI is InChI=1S/C11H17IN2/c1-11(2,3)7-8-6-9(12)4-5-10(8)14-13/h4-6,14H,7,13H2,1-3H3. The Morgan fingerprint density at radius 2 is 2.00 bits per heavy atom. The Kier molecular flexibility index (Phi) is 3.78. The third-order valence-corrected chi connectivity index (χ3v) is 2.61. The molecule has 1 rings (SSSR count). The molecule has 3 N–H and O–H groups in total. The molecule has 78 valence electrons. The zero-order valence-corrected chi connectivity index (χ0v) is 11.1. The van der Waals surface area contributed by atoms with Gasteiger partial charge in [-0.3, -0.25) is 5.84 Å². The molecule has 0 aliphatic heterocycles. The largest absolute Gasteiger partial charge is 0.324 e. The van der Waals surface area contributed by atoms with Crippen LogP contribution in [0.1, 0.15) is 26.3 Å². The average molecular weight is 304 g/mol. The molecule has 0 aliphatic rings. The maximum atomic E-state index is 5.47. The monoisotopic (exact) mass is 304 g/mol. The predicted octanol–water partition coefficient (Wildman–Crippen LogP) is 3.17. The summed E-state index contributed by atoms with van der Waals surface area (Å²) in [6.07, 6.45) is 1.03. The third-order valence-electron chi connectivity index (χ3n) is 1.94. The highest BCUT2D eigenvalue weighted by molar-refractivity contribution is 14.1. The number of nitrogens with one attached hydrogen (secondary N) is 1. The molecule has 0 spiro atoms. The molecule has 1 aromatic rings. The number of nitrogens with two attached hydrogens (primary N) is 1. The van der Waals surface area contributed by atoms with Crippen LogP contribution >= 0.6 is 22.6 Å². The van der Waals surface area contributed by atoms with Gasteiger partial charge in [-0.2, -0.15) is 0 Å². The fourth-order valence-corrected chi connectivity index (χ4v) is 1.98. The van der Waals surface area contributed by atoms with E-state index in [0.29, 0.717) is 0 Å². The maximum absolute atomic E-state index is 5.47. The van der Waals surface area contributed by atoms with Crippen molar-refractivity contribution in [1.82, 2.24) is 0 Å². The molecule has 0 saturated heterocycles. The molecule has 0 saturated carbocycles. The highest BCUT2D eigenvalue weighted by Crippen LogP contribution is 2.26. The van der Waals surface area contributed by atoms with Crippen LogP contribution in [0.5, 0.6) is 0 Å². The smallest absolute Gasteiger partial charge is 0.0517 e. The van der Waals surface area contributed by atoms with E-state index < -0.39 is 0 Å². The van der Waals surface area contributed by atoms with E-state index in [-0.39, 0.29) is 5.41 Å². The number of hydrazine groups is 1. The minimum Gasteiger partial charge on any atom is -0.324 e. The second-order valence-electron chi connectivity index (χ2n) is 4.68. The number of hydrogen-bond acceptors (Lipinski definition) is 2. The van der Waals surface area contributed by atoms with Gasteiger partial charge in [-0.15, -0.1) is 0 Å². The van der Waals surface area contributed by atoms with Crippen molar-refractivity contribution in [2.45, 2.75) is 27.2 Å². The van der Waals surface area contributed by atoms with Crippen LogP contribution in [0.25, 0.3) is 0 Å². The Morgan fingerprint density at radius 3 is 2.50 bits per heavy atom. The third kappa shape index (κ3) is 3.46. The van der Waals surface area contributed by atoms with Gasteiger partial charge >= 0.3 is 0 Å². The Hall–Kier alpha value is -0.290. The van der Waals surface area contributed by atoms with Gasteiger partial charge in [-0.25, -0.2) is 0 Å². The van der Waals surface area contributed by atoms with Gasteiger partial charge in [-0.1, -0.05) is 20.8 Å². The van der Waals surface area contributed by atoms with Crippen LogP contribution in [0.2, 0.25) is 0 Å². The lowest BCUT2D eigenvalue weighted by atomic mass is 9.87. The summed E-state index contributed by atoms with van der Waals surface area (Å²) in [5.74, 6) is 5.47. The molecule has 0 bridgehead atoms. The summed E-state index contributed by atoms with van der Waals surface area (Å²) in [5, 5.41) is 0. The van der Waals surface area contributed by atoms with Crippen LogP contribution < -0.4 is 11.3 Å². The van der Waals surface area contributed by atoms with Crippen molar-refractivity contribution in [2.24, 2.45) is 11.3 Å². The van der Waals surface area contributed by atoms with Crippen LogP contribution in [-0.2, 0) is 6.42 Å². The Labute approximate surface area is 99.4 Å². The molecule has 0 aliphatic carbocycles. The number of hydrogen-bond donors (Lipinski definition) is 2. The van der Waals surface area contributed by atoms with Crippen molar-refractivity contribution in [3.63, 3.8) is 0 Å². The van der Waals surface area contributed by atoms with Gasteiger partial charge < -0.3 is 5.43 Å². The maximum Gasteiger partial charge on any atom is 0.0517 e. The van der Waals surface area contributed by atoms with Crippen LogP contribution in [0.4, 0.5) is 5.69 Å². The summed E-state index contributed by atoms with van der Waals surface area (Å²) in [6.45, 7) is 6.69. The van der Waals surface area contributed by atoms with Crippen molar-refractivity contribution in [1.29, 1.82) is 0 Å². The molecule has 0 unspecified atom stereocenters. The van der Waals surface area contributed by atoms with E-state index in [2.05, 4.69) is 60.9 Å². The zero-order chi connectivity index (χ0) is 10.8. The molecular formula is C11H17IN2. The summed E-state index contributed by atoms with van der Waals surface area (Å²) in [7, 11) is 0. The first-order valence-electron chi connectivity index (χ1n) is 4.67. The summed E-state index contributed by atoms with van der Waals surface area (Å²) in [5.41, 5.74) is 5.34. The molecule has 3 heteroatoms.